The van der Waals surface area contributed by atoms with Crippen molar-refractivity contribution in [3.05, 3.63) is 0 Å². The van der Waals surface area contributed by atoms with Crippen molar-refractivity contribution < 1.29 is 9.53 Å². The third kappa shape index (κ3) is 6.70. The van der Waals surface area contributed by atoms with Gasteiger partial charge in [0.2, 0.25) is 0 Å². The molecule has 4 heteroatoms. The molecule has 1 N–H and O–H groups in total. The highest BCUT2D eigenvalue weighted by Gasteiger charge is 2.34. The zero-order valence-electron chi connectivity index (χ0n) is 15.6. The number of hydrogen-bond donors (Lipinski definition) is 1. The Morgan fingerprint density at radius 1 is 1.13 bits per heavy atom. The maximum absolute atomic E-state index is 12.3. The molecule has 4 nitrogen and oxygen atoms in total. The molecular weight excluding hydrogens is 288 g/mol. The zero-order valence-corrected chi connectivity index (χ0v) is 15.6. The number of hydrogen-bond acceptors (Lipinski definition) is 3. The summed E-state index contributed by atoms with van der Waals surface area (Å²) in [6, 6.07) is 0.650. The van der Waals surface area contributed by atoms with Crippen molar-refractivity contribution in [2.75, 3.05) is 19.6 Å². The van der Waals surface area contributed by atoms with Gasteiger partial charge in [-0.15, -0.1) is 0 Å². The Labute approximate surface area is 142 Å². The van der Waals surface area contributed by atoms with Crippen molar-refractivity contribution in [1.29, 1.82) is 0 Å². The van der Waals surface area contributed by atoms with E-state index in [-0.39, 0.29) is 6.09 Å². The Balaban J connectivity index is 1.71. The Hall–Kier alpha value is -0.770. The van der Waals surface area contributed by atoms with E-state index >= 15 is 0 Å². The van der Waals surface area contributed by atoms with E-state index in [1.807, 2.05) is 25.7 Å². The average Bonchev–Trinajstić information content (AvgIpc) is 3.29. The van der Waals surface area contributed by atoms with Crippen molar-refractivity contribution in [3.8, 4) is 0 Å². The summed E-state index contributed by atoms with van der Waals surface area (Å²) >= 11 is 0. The molecule has 134 valence electrons. The van der Waals surface area contributed by atoms with Crippen LogP contribution in [0.25, 0.3) is 0 Å². The smallest absolute Gasteiger partial charge is 0.410 e. The van der Waals surface area contributed by atoms with Gasteiger partial charge >= 0.3 is 6.09 Å². The van der Waals surface area contributed by atoms with Crippen LogP contribution in [0.1, 0.15) is 72.6 Å². The van der Waals surface area contributed by atoms with Gasteiger partial charge in [0.1, 0.15) is 5.60 Å². The van der Waals surface area contributed by atoms with Crippen molar-refractivity contribution in [1.82, 2.24) is 10.2 Å². The van der Waals surface area contributed by atoms with E-state index in [4.69, 9.17) is 4.74 Å². The van der Waals surface area contributed by atoms with E-state index in [0.717, 1.165) is 37.9 Å². The number of amides is 1. The van der Waals surface area contributed by atoms with E-state index in [1.165, 1.54) is 38.5 Å². The molecule has 2 atom stereocenters. The third-order valence-electron chi connectivity index (χ3n) is 4.96. The summed E-state index contributed by atoms with van der Waals surface area (Å²) in [5.41, 5.74) is -0.419. The van der Waals surface area contributed by atoms with Gasteiger partial charge < -0.3 is 15.0 Å². The van der Waals surface area contributed by atoms with Crippen LogP contribution in [0.2, 0.25) is 0 Å². The summed E-state index contributed by atoms with van der Waals surface area (Å²) in [6.45, 7) is 10.3. The molecule has 2 aliphatic carbocycles. The second-order valence-corrected chi connectivity index (χ2v) is 8.38. The van der Waals surface area contributed by atoms with Gasteiger partial charge in [-0.25, -0.2) is 4.79 Å². The molecule has 0 saturated heterocycles. The van der Waals surface area contributed by atoms with Gasteiger partial charge in [0, 0.05) is 25.7 Å². The highest BCUT2D eigenvalue weighted by molar-refractivity contribution is 5.68. The largest absolute Gasteiger partial charge is 0.444 e. The molecule has 0 aromatic heterocycles. The van der Waals surface area contributed by atoms with Crippen LogP contribution in [-0.4, -0.2) is 42.3 Å². The lowest BCUT2D eigenvalue weighted by atomic mass is 9.83. The molecule has 23 heavy (non-hydrogen) atoms. The van der Waals surface area contributed by atoms with E-state index in [2.05, 4.69) is 12.2 Å². The monoisotopic (exact) mass is 324 g/mol. The molecule has 2 aliphatic rings. The van der Waals surface area contributed by atoms with Crippen LogP contribution in [0.4, 0.5) is 4.79 Å². The first-order valence-corrected chi connectivity index (χ1v) is 9.60. The van der Waals surface area contributed by atoms with Crippen LogP contribution in [0, 0.1) is 11.8 Å². The van der Waals surface area contributed by atoms with Crippen LogP contribution < -0.4 is 5.32 Å². The second-order valence-electron chi connectivity index (χ2n) is 8.38. The number of carbonyl (C=O) groups excluding carboxylic acids is 1. The van der Waals surface area contributed by atoms with E-state index < -0.39 is 5.60 Å². The standard InChI is InChI=1S/C19H36N2O2/c1-5-12-21(18(22)23-19(2,3)4)13-11-20-17-8-6-7-16(14-17)15-9-10-15/h15-17,20H,5-14H2,1-4H3. The van der Waals surface area contributed by atoms with Gasteiger partial charge in [0.25, 0.3) is 0 Å². The summed E-state index contributed by atoms with van der Waals surface area (Å²) in [5, 5.41) is 3.69. The average molecular weight is 325 g/mol. The van der Waals surface area contributed by atoms with Gasteiger partial charge in [-0.3, -0.25) is 0 Å². The van der Waals surface area contributed by atoms with Gasteiger partial charge in [-0.1, -0.05) is 19.8 Å². The van der Waals surface area contributed by atoms with E-state index in [9.17, 15) is 4.79 Å². The molecule has 0 aliphatic heterocycles. The molecule has 0 spiro atoms. The molecule has 0 aromatic rings. The molecular formula is C19H36N2O2. The van der Waals surface area contributed by atoms with E-state index in [1.54, 1.807) is 0 Å². The molecule has 0 aromatic carbocycles. The van der Waals surface area contributed by atoms with Gasteiger partial charge in [0.15, 0.2) is 0 Å². The zero-order chi connectivity index (χ0) is 16.9. The summed E-state index contributed by atoms with van der Waals surface area (Å²) in [4.78, 5) is 14.1. The summed E-state index contributed by atoms with van der Waals surface area (Å²) in [5.74, 6) is 1.98. The van der Waals surface area contributed by atoms with Crippen LogP contribution >= 0.6 is 0 Å². The van der Waals surface area contributed by atoms with Crippen LogP contribution in [0.15, 0.2) is 0 Å². The predicted molar refractivity (Wildman–Crippen MR) is 94.6 cm³/mol. The van der Waals surface area contributed by atoms with Crippen LogP contribution in [0.5, 0.6) is 0 Å². The lowest BCUT2D eigenvalue weighted by molar-refractivity contribution is 0.0249. The number of nitrogens with zero attached hydrogens (tertiary/aromatic N) is 1. The second kappa shape index (κ2) is 8.36. The summed E-state index contributed by atoms with van der Waals surface area (Å²) in [7, 11) is 0. The van der Waals surface area contributed by atoms with Crippen molar-refractivity contribution >= 4 is 6.09 Å². The lowest BCUT2D eigenvalue weighted by Crippen LogP contribution is -2.43. The minimum absolute atomic E-state index is 0.180. The number of rotatable bonds is 7. The lowest BCUT2D eigenvalue weighted by Gasteiger charge is -2.31. The first-order chi connectivity index (χ1) is 10.9. The minimum atomic E-state index is -0.419. The topological polar surface area (TPSA) is 41.6 Å². The van der Waals surface area contributed by atoms with E-state index in [0.29, 0.717) is 6.04 Å². The fourth-order valence-corrected chi connectivity index (χ4v) is 3.70. The van der Waals surface area contributed by atoms with Crippen LogP contribution in [-0.2, 0) is 4.74 Å². The van der Waals surface area contributed by atoms with Crippen LogP contribution in [0.3, 0.4) is 0 Å². The molecule has 0 heterocycles. The number of ether oxygens (including phenoxy) is 1. The molecule has 0 radical (unpaired) electrons. The maximum atomic E-state index is 12.3. The first kappa shape index (κ1) is 18.6. The van der Waals surface area contributed by atoms with Crippen molar-refractivity contribution in [2.45, 2.75) is 84.3 Å². The highest BCUT2D eigenvalue weighted by Crippen LogP contribution is 2.43. The van der Waals surface area contributed by atoms with Gasteiger partial charge in [0.05, 0.1) is 0 Å². The Kier molecular flexibility index (Phi) is 6.75. The molecule has 1 amide bonds. The van der Waals surface area contributed by atoms with Gasteiger partial charge in [-0.2, -0.15) is 0 Å². The van der Waals surface area contributed by atoms with Crippen molar-refractivity contribution in [3.63, 3.8) is 0 Å². The van der Waals surface area contributed by atoms with Gasteiger partial charge in [-0.05, 0) is 64.7 Å². The molecule has 2 unspecified atom stereocenters. The predicted octanol–water partition coefficient (Wildman–Crippen LogP) is 4.19. The highest BCUT2D eigenvalue weighted by atomic mass is 16.6. The summed E-state index contributed by atoms with van der Waals surface area (Å²) in [6.07, 6.45) is 9.13. The maximum Gasteiger partial charge on any atom is 0.410 e. The molecule has 2 rings (SSSR count). The quantitative estimate of drug-likeness (QED) is 0.763. The Morgan fingerprint density at radius 2 is 1.87 bits per heavy atom. The summed E-state index contributed by atoms with van der Waals surface area (Å²) < 4.78 is 5.51. The third-order valence-corrected chi connectivity index (χ3v) is 4.96. The Bertz CT molecular complexity index is 374. The first-order valence-electron chi connectivity index (χ1n) is 9.60. The minimum Gasteiger partial charge on any atom is -0.444 e. The number of carbonyl (C=O) groups is 1. The normalized spacial score (nSPS) is 25.2. The fraction of sp³-hybridized carbons (Fsp3) is 0.947. The molecule has 2 fully saturated rings. The Morgan fingerprint density at radius 3 is 2.48 bits per heavy atom. The SMILES string of the molecule is CCCN(CCNC1CCCC(C2CC2)C1)C(=O)OC(C)(C)C. The molecule has 2 saturated carbocycles. The molecule has 0 bridgehead atoms. The fourth-order valence-electron chi connectivity index (χ4n) is 3.70. The van der Waals surface area contributed by atoms with Crippen molar-refractivity contribution in [2.24, 2.45) is 11.8 Å². The number of nitrogens with one attached hydrogen (secondary N) is 1.